The molecule has 1 aromatic rings. The maximum Gasteiger partial charge on any atom is 0.132 e. The van der Waals surface area contributed by atoms with Crippen LogP contribution in [-0.2, 0) is 0 Å². The quantitative estimate of drug-likeness (QED) is 0.836. The fraction of sp³-hybridized carbons (Fsp3) is 0.200. The van der Waals surface area contributed by atoms with Crippen LogP contribution in [0.4, 0.5) is 0 Å². The molecule has 0 aliphatic heterocycles. The Morgan fingerprint density at radius 2 is 2.23 bits per heavy atom. The minimum Gasteiger partial charge on any atom is -0.506 e. The predicted octanol–water partition coefficient (Wildman–Crippen LogP) is 2.44. The zero-order valence-electron chi connectivity index (χ0n) is 7.42. The lowest BCUT2D eigenvalue weighted by molar-refractivity contribution is 0.467. The van der Waals surface area contributed by atoms with Crippen LogP contribution in [0, 0.1) is 6.92 Å². The first-order valence-corrected chi connectivity index (χ1v) is 4.80. The number of nitrogens with two attached hydrogens (primary N) is 1. The standard InChI is InChI=1S/C10H12BrNO/c1-7-5-8(3-2-4-12)6-9(11)10(7)13/h2-3,5-6,13H,4,12H2,1H3/b3-2+. The van der Waals surface area contributed by atoms with Crippen LogP contribution in [0.25, 0.3) is 6.08 Å². The summed E-state index contributed by atoms with van der Waals surface area (Å²) in [7, 11) is 0. The van der Waals surface area contributed by atoms with Crippen molar-refractivity contribution in [2.45, 2.75) is 6.92 Å². The second kappa shape index (κ2) is 4.44. The molecule has 0 saturated heterocycles. The molecule has 0 bridgehead atoms. The Hall–Kier alpha value is -0.800. The van der Waals surface area contributed by atoms with E-state index in [4.69, 9.17) is 5.73 Å². The van der Waals surface area contributed by atoms with Crippen molar-refractivity contribution in [3.05, 3.63) is 33.8 Å². The smallest absolute Gasteiger partial charge is 0.132 e. The lowest BCUT2D eigenvalue weighted by atomic mass is 10.1. The molecular formula is C10H12BrNO. The highest BCUT2D eigenvalue weighted by molar-refractivity contribution is 9.10. The molecule has 70 valence electrons. The number of aryl methyl sites for hydroxylation is 1. The third-order valence-electron chi connectivity index (χ3n) is 1.72. The molecule has 0 atom stereocenters. The van der Waals surface area contributed by atoms with Crippen molar-refractivity contribution in [1.29, 1.82) is 0 Å². The van der Waals surface area contributed by atoms with Gasteiger partial charge in [0.05, 0.1) is 4.47 Å². The molecule has 0 unspecified atom stereocenters. The number of phenols is 1. The van der Waals surface area contributed by atoms with Crippen molar-refractivity contribution in [2.75, 3.05) is 6.54 Å². The molecule has 1 aromatic carbocycles. The number of halogens is 1. The molecule has 13 heavy (non-hydrogen) atoms. The van der Waals surface area contributed by atoms with Gasteiger partial charge in [-0.15, -0.1) is 0 Å². The molecule has 0 heterocycles. The highest BCUT2D eigenvalue weighted by atomic mass is 79.9. The van der Waals surface area contributed by atoms with E-state index >= 15 is 0 Å². The fourth-order valence-electron chi connectivity index (χ4n) is 1.06. The normalized spacial score (nSPS) is 11.0. The third-order valence-corrected chi connectivity index (χ3v) is 2.33. The summed E-state index contributed by atoms with van der Waals surface area (Å²) in [5.41, 5.74) is 7.22. The summed E-state index contributed by atoms with van der Waals surface area (Å²) in [6.07, 6.45) is 3.80. The largest absolute Gasteiger partial charge is 0.506 e. The van der Waals surface area contributed by atoms with Gasteiger partial charge in [-0.3, -0.25) is 0 Å². The van der Waals surface area contributed by atoms with E-state index in [2.05, 4.69) is 15.9 Å². The monoisotopic (exact) mass is 241 g/mol. The Bertz CT molecular complexity index is 311. The summed E-state index contributed by atoms with van der Waals surface area (Å²) in [6.45, 7) is 2.39. The van der Waals surface area contributed by atoms with Crippen molar-refractivity contribution in [2.24, 2.45) is 5.73 Å². The molecule has 3 heteroatoms. The van der Waals surface area contributed by atoms with Crippen molar-refractivity contribution < 1.29 is 5.11 Å². The molecule has 0 spiro atoms. The Kier molecular flexibility index (Phi) is 3.51. The molecule has 2 nitrogen and oxygen atoms in total. The minimum absolute atomic E-state index is 0.296. The van der Waals surface area contributed by atoms with Gasteiger partial charge in [0, 0.05) is 6.54 Å². The Morgan fingerprint density at radius 3 is 2.77 bits per heavy atom. The van der Waals surface area contributed by atoms with Crippen LogP contribution in [0.5, 0.6) is 5.75 Å². The van der Waals surface area contributed by atoms with Gasteiger partial charge in [-0.2, -0.15) is 0 Å². The first-order chi connectivity index (χ1) is 6.15. The molecule has 3 N–H and O–H groups in total. The van der Waals surface area contributed by atoms with Crippen molar-refractivity contribution in [3.8, 4) is 5.75 Å². The van der Waals surface area contributed by atoms with Gasteiger partial charge in [-0.05, 0) is 46.1 Å². The maximum absolute atomic E-state index is 9.46. The van der Waals surface area contributed by atoms with E-state index in [-0.39, 0.29) is 0 Å². The van der Waals surface area contributed by atoms with E-state index in [1.54, 1.807) is 0 Å². The van der Waals surface area contributed by atoms with Crippen LogP contribution in [0.3, 0.4) is 0 Å². The molecule has 0 radical (unpaired) electrons. The first-order valence-electron chi connectivity index (χ1n) is 4.01. The zero-order chi connectivity index (χ0) is 9.84. The van der Waals surface area contributed by atoms with Gasteiger partial charge in [0.2, 0.25) is 0 Å². The summed E-state index contributed by atoms with van der Waals surface area (Å²) >= 11 is 3.27. The van der Waals surface area contributed by atoms with E-state index in [0.29, 0.717) is 16.8 Å². The molecule has 0 aliphatic rings. The zero-order valence-corrected chi connectivity index (χ0v) is 9.01. The highest BCUT2D eigenvalue weighted by Crippen LogP contribution is 2.29. The van der Waals surface area contributed by atoms with Gasteiger partial charge >= 0.3 is 0 Å². The highest BCUT2D eigenvalue weighted by Gasteiger charge is 2.01. The average Bonchev–Trinajstić information content (AvgIpc) is 2.10. The van der Waals surface area contributed by atoms with E-state index in [9.17, 15) is 5.11 Å². The van der Waals surface area contributed by atoms with Gasteiger partial charge in [0.1, 0.15) is 5.75 Å². The Balaban J connectivity index is 3.06. The van der Waals surface area contributed by atoms with Gasteiger partial charge < -0.3 is 10.8 Å². The summed E-state index contributed by atoms with van der Waals surface area (Å²) in [6, 6.07) is 3.76. The van der Waals surface area contributed by atoms with Crippen LogP contribution < -0.4 is 5.73 Å². The van der Waals surface area contributed by atoms with Gasteiger partial charge in [0.25, 0.3) is 0 Å². The molecule has 0 aliphatic carbocycles. The lowest BCUT2D eigenvalue weighted by Gasteiger charge is -2.03. The number of hydrogen-bond acceptors (Lipinski definition) is 2. The summed E-state index contributed by atoms with van der Waals surface area (Å²) in [5.74, 6) is 0.296. The molecule has 1 rings (SSSR count). The van der Waals surface area contributed by atoms with Crippen molar-refractivity contribution in [3.63, 3.8) is 0 Å². The molecular weight excluding hydrogens is 230 g/mol. The average molecular weight is 242 g/mol. The van der Waals surface area contributed by atoms with E-state index < -0.39 is 0 Å². The number of hydrogen-bond donors (Lipinski definition) is 2. The van der Waals surface area contributed by atoms with E-state index in [1.165, 1.54) is 0 Å². The number of rotatable bonds is 2. The fourth-order valence-corrected chi connectivity index (χ4v) is 1.64. The van der Waals surface area contributed by atoms with Crippen LogP contribution in [0.1, 0.15) is 11.1 Å². The number of benzene rings is 1. The molecule has 0 saturated carbocycles. The third kappa shape index (κ3) is 2.57. The van der Waals surface area contributed by atoms with E-state index in [0.717, 1.165) is 11.1 Å². The second-order valence-electron chi connectivity index (χ2n) is 2.81. The SMILES string of the molecule is Cc1cc(/C=C/CN)cc(Br)c1O. The van der Waals surface area contributed by atoms with E-state index in [1.807, 2.05) is 31.2 Å². The van der Waals surface area contributed by atoms with Gasteiger partial charge in [-0.25, -0.2) is 0 Å². The van der Waals surface area contributed by atoms with Gasteiger partial charge in [0.15, 0.2) is 0 Å². The topological polar surface area (TPSA) is 46.2 Å². The number of phenolic OH excluding ortho intramolecular Hbond substituents is 1. The van der Waals surface area contributed by atoms with Crippen LogP contribution >= 0.6 is 15.9 Å². The molecule has 0 amide bonds. The lowest BCUT2D eigenvalue weighted by Crippen LogP contribution is -1.92. The van der Waals surface area contributed by atoms with Gasteiger partial charge in [-0.1, -0.05) is 12.2 Å². The minimum atomic E-state index is 0.296. The first kappa shape index (κ1) is 10.3. The number of aromatic hydroxyl groups is 1. The Labute approximate surface area is 86.2 Å². The maximum atomic E-state index is 9.46. The second-order valence-corrected chi connectivity index (χ2v) is 3.66. The van der Waals surface area contributed by atoms with Crippen molar-refractivity contribution >= 4 is 22.0 Å². The molecule has 0 aromatic heterocycles. The molecule has 0 fully saturated rings. The van der Waals surface area contributed by atoms with Crippen LogP contribution in [0.15, 0.2) is 22.7 Å². The summed E-state index contributed by atoms with van der Waals surface area (Å²) in [5, 5.41) is 9.46. The predicted molar refractivity (Wildman–Crippen MR) is 58.6 cm³/mol. The Morgan fingerprint density at radius 1 is 1.54 bits per heavy atom. The van der Waals surface area contributed by atoms with Crippen LogP contribution in [0.2, 0.25) is 0 Å². The van der Waals surface area contributed by atoms with Crippen molar-refractivity contribution in [1.82, 2.24) is 0 Å². The summed E-state index contributed by atoms with van der Waals surface area (Å²) in [4.78, 5) is 0. The summed E-state index contributed by atoms with van der Waals surface area (Å²) < 4.78 is 0.712. The van der Waals surface area contributed by atoms with Crippen LogP contribution in [-0.4, -0.2) is 11.7 Å².